The van der Waals surface area contributed by atoms with Crippen LogP contribution in [-0.2, 0) is 0 Å². The van der Waals surface area contributed by atoms with Gasteiger partial charge >= 0.3 is 0 Å². The van der Waals surface area contributed by atoms with Crippen LogP contribution in [0.25, 0.3) is 10.9 Å². The standard InChI is InChI=1S/C16H12ClN3O2/c1-10-7-16(14-8-11(17)5-6-15(14)18-10)19-12-3-2-4-13(9-12)20(21)22/h2-9H,1H3,(H,18,19). The third-order valence-electron chi connectivity index (χ3n) is 3.23. The smallest absolute Gasteiger partial charge is 0.271 e. The summed E-state index contributed by atoms with van der Waals surface area (Å²) in [6, 6.07) is 13.7. The normalized spacial score (nSPS) is 10.6. The Bertz CT molecular complexity index is 880. The minimum absolute atomic E-state index is 0.0399. The van der Waals surface area contributed by atoms with Crippen LogP contribution < -0.4 is 5.32 Å². The number of fused-ring (bicyclic) bond motifs is 1. The Morgan fingerprint density at radius 3 is 2.77 bits per heavy atom. The molecule has 110 valence electrons. The number of pyridine rings is 1. The second-order valence-corrected chi connectivity index (χ2v) is 5.34. The molecule has 0 saturated heterocycles. The van der Waals surface area contributed by atoms with Crippen LogP contribution in [0.1, 0.15) is 5.69 Å². The Labute approximate surface area is 131 Å². The Morgan fingerprint density at radius 1 is 1.18 bits per heavy atom. The quantitative estimate of drug-likeness (QED) is 0.554. The van der Waals surface area contributed by atoms with Crippen molar-refractivity contribution in [2.45, 2.75) is 6.92 Å². The summed E-state index contributed by atoms with van der Waals surface area (Å²) < 4.78 is 0. The number of nitro groups is 1. The van der Waals surface area contributed by atoms with E-state index in [-0.39, 0.29) is 5.69 Å². The maximum atomic E-state index is 10.9. The maximum absolute atomic E-state index is 10.9. The van der Waals surface area contributed by atoms with Gasteiger partial charge in [-0.1, -0.05) is 17.7 Å². The van der Waals surface area contributed by atoms with E-state index in [1.807, 2.05) is 25.1 Å². The van der Waals surface area contributed by atoms with Gasteiger partial charge in [0.1, 0.15) is 0 Å². The lowest BCUT2D eigenvalue weighted by atomic mass is 10.1. The van der Waals surface area contributed by atoms with Crippen molar-refractivity contribution in [3.63, 3.8) is 0 Å². The zero-order valence-electron chi connectivity index (χ0n) is 11.7. The van der Waals surface area contributed by atoms with Gasteiger partial charge in [-0.05, 0) is 37.3 Å². The Kier molecular flexibility index (Phi) is 3.65. The van der Waals surface area contributed by atoms with Gasteiger partial charge in [0, 0.05) is 39.6 Å². The minimum Gasteiger partial charge on any atom is -0.355 e. The van der Waals surface area contributed by atoms with Crippen molar-refractivity contribution in [2.24, 2.45) is 0 Å². The number of hydrogen-bond acceptors (Lipinski definition) is 4. The second-order valence-electron chi connectivity index (χ2n) is 4.91. The summed E-state index contributed by atoms with van der Waals surface area (Å²) >= 11 is 6.06. The summed E-state index contributed by atoms with van der Waals surface area (Å²) in [5, 5.41) is 15.6. The molecular weight excluding hydrogens is 302 g/mol. The number of nitrogens with zero attached hydrogens (tertiary/aromatic N) is 2. The zero-order valence-corrected chi connectivity index (χ0v) is 12.5. The fourth-order valence-electron chi connectivity index (χ4n) is 2.29. The number of non-ortho nitro benzene ring substituents is 1. The molecule has 1 N–H and O–H groups in total. The van der Waals surface area contributed by atoms with E-state index in [0.717, 1.165) is 22.3 Å². The molecule has 1 heterocycles. The number of hydrogen-bond donors (Lipinski definition) is 1. The molecule has 0 unspecified atom stereocenters. The predicted molar refractivity (Wildman–Crippen MR) is 87.9 cm³/mol. The third-order valence-corrected chi connectivity index (χ3v) is 3.47. The fraction of sp³-hybridized carbons (Fsp3) is 0.0625. The molecule has 0 fully saturated rings. The number of aromatic nitrogens is 1. The number of nitrogens with one attached hydrogen (secondary N) is 1. The molecule has 2 aromatic carbocycles. The van der Waals surface area contributed by atoms with Crippen molar-refractivity contribution in [1.29, 1.82) is 0 Å². The molecule has 0 aliphatic rings. The van der Waals surface area contributed by atoms with Crippen LogP contribution in [0.3, 0.4) is 0 Å². The van der Waals surface area contributed by atoms with E-state index in [2.05, 4.69) is 10.3 Å². The lowest BCUT2D eigenvalue weighted by Crippen LogP contribution is -1.96. The van der Waals surface area contributed by atoms with E-state index in [1.165, 1.54) is 12.1 Å². The van der Waals surface area contributed by atoms with E-state index in [1.54, 1.807) is 18.2 Å². The minimum atomic E-state index is -0.419. The van der Waals surface area contributed by atoms with Crippen molar-refractivity contribution >= 4 is 39.6 Å². The molecule has 0 saturated carbocycles. The molecule has 0 bridgehead atoms. The fourth-order valence-corrected chi connectivity index (χ4v) is 2.46. The van der Waals surface area contributed by atoms with E-state index in [9.17, 15) is 10.1 Å². The van der Waals surface area contributed by atoms with Crippen LogP contribution in [-0.4, -0.2) is 9.91 Å². The number of rotatable bonds is 3. The number of anilines is 2. The van der Waals surface area contributed by atoms with E-state index < -0.39 is 4.92 Å². The molecule has 3 aromatic rings. The molecular formula is C16H12ClN3O2. The number of nitro benzene ring substituents is 1. The summed E-state index contributed by atoms with van der Waals surface area (Å²) in [5.41, 5.74) is 3.16. The van der Waals surface area contributed by atoms with Gasteiger partial charge in [-0.2, -0.15) is 0 Å². The molecule has 0 spiro atoms. The van der Waals surface area contributed by atoms with E-state index in [0.29, 0.717) is 10.7 Å². The van der Waals surface area contributed by atoms with Gasteiger partial charge in [0.15, 0.2) is 0 Å². The van der Waals surface area contributed by atoms with Crippen molar-refractivity contribution in [3.8, 4) is 0 Å². The molecule has 0 amide bonds. The van der Waals surface area contributed by atoms with E-state index in [4.69, 9.17) is 11.6 Å². The average molecular weight is 314 g/mol. The summed E-state index contributed by atoms with van der Waals surface area (Å²) in [4.78, 5) is 14.9. The first kappa shape index (κ1) is 14.3. The number of benzene rings is 2. The van der Waals surface area contributed by atoms with Crippen LogP contribution in [0.15, 0.2) is 48.5 Å². The van der Waals surface area contributed by atoms with Crippen LogP contribution in [0, 0.1) is 17.0 Å². The van der Waals surface area contributed by atoms with Crippen LogP contribution in [0.2, 0.25) is 5.02 Å². The van der Waals surface area contributed by atoms with Crippen LogP contribution in [0.5, 0.6) is 0 Å². The van der Waals surface area contributed by atoms with Gasteiger partial charge in [0.05, 0.1) is 10.4 Å². The third kappa shape index (κ3) is 2.84. The first-order valence-electron chi connectivity index (χ1n) is 6.61. The summed E-state index contributed by atoms with van der Waals surface area (Å²) in [6.45, 7) is 1.90. The van der Waals surface area contributed by atoms with Crippen LogP contribution >= 0.6 is 11.6 Å². The monoisotopic (exact) mass is 313 g/mol. The highest BCUT2D eigenvalue weighted by atomic mass is 35.5. The summed E-state index contributed by atoms with van der Waals surface area (Å²) in [6.07, 6.45) is 0. The van der Waals surface area contributed by atoms with Gasteiger partial charge < -0.3 is 5.32 Å². The van der Waals surface area contributed by atoms with Crippen LogP contribution in [0.4, 0.5) is 17.1 Å². The van der Waals surface area contributed by atoms with Gasteiger partial charge in [-0.25, -0.2) is 0 Å². The molecule has 22 heavy (non-hydrogen) atoms. The molecule has 5 nitrogen and oxygen atoms in total. The van der Waals surface area contributed by atoms with E-state index >= 15 is 0 Å². The molecule has 6 heteroatoms. The Morgan fingerprint density at radius 2 is 2.00 bits per heavy atom. The van der Waals surface area contributed by atoms with Gasteiger partial charge in [-0.3, -0.25) is 15.1 Å². The Hall–Kier alpha value is -2.66. The summed E-state index contributed by atoms with van der Waals surface area (Å²) in [5.74, 6) is 0. The van der Waals surface area contributed by atoms with Gasteiger partial charge in [0.25, 0.3) is 5.69 Å². The second kappa shape index (κ2) is 5.61. The molecule has 0 aliphatic heterocycles. The highest BCUT2D eigenvalue weighted by molar-refractivity contribution is 6.31. The molecule has 0 aliphatic carbocycles. The molecule has 1 aromatic heterocycles. The van der Waals surface area contributed by atoms with Gasteiger partial charge in [0.2, 0.25) is 0 Å². The number of halogens is 1. The van der Waals surface area contributed by atoms with Crippen molar-refractivity contribution in [2.75, 3.05) is 5.32 Å². The zero-order chi connectivity index (χ0) is 15.7. The van der Waals surface area contributed by atoms with Crippen molar-refractivity contribution in [3.05, 3.63) is 69.4 Å². The molecule has 0 radical (unpaired) electrons. The SMILES string of the molecule is Cc1cc(Nc2cccc([N+](=O)[O-])c2)c2cc(Cl)ccc2n1. The van der Waals surface area contributed by atoms with Crippen molar-refractivity contribution in [1.82, 2.24) is 4.98 Å². The lowest BCUT2D eigenvalue weighted by molar-refractivity contribution is -0.384. The average Bonchev–Trinajstić information content (AvgIpc) is 2.48. The Balaban J connectivity index is 2.08. The predicted octanol–water partition coefficient (Wildman–Crippen LogP) is 4.85. The largest absolute Gasteiger partial charge is 0.355 e. The maximum Gasteiger partial charge on any atom is 0.271 e. The summed E-state index contributed by atoms with van der Waals surface area (Å²) in [7, 11) is 0. The number of aryl methyl sites for hydroxylation is 1. The molecule has 0 atom stereocenters. The first-order valence-corrected chi connectivity index (χ1v) is 6.99. The topological polar surface area (TPSA) is 68.1 Å². The highest BCUT2D eigenvalue weighted by Crippen LogP contribution is 2.29. The van der Waals surface area contributed by atoms with Gasteiger partial charge in [-0.15, -0.1) is 0 Å². The molecule has 3 rings (SSSR count). The van der Waals surface area contributed by atoms with Crippen molar-refractivity contribution < 1.29 is 4.92 Å². The lowest BCUT2D eigenvalue weighted by Gasteiger charge is -2.11. The highest BCUT2D eigenvalue weighted by Gasteiger charge is 2.09. The first-order chi connectivity index (χ1) is 10.5.